The van der Waals surface area contributed by atoms with Gasteiger partial charge in [0.15, 0.2) is 0 Å². The van der Waals surface area contributed by atoms with Gasteiger partial charge in [0.2, 0.25) is 5.91 Å². The van der Waals surface area contributed by atoms with Crippen LogP contribution in [0.2, 0.25) is 0 Å². The Hall–Kier alpha value is -2.14. The van der Waals surface area contributed by atoms with Crippen molar-refractivity contribution in [3.63, 3.8) is 0 Å². The zero-order valence-electron chi connectivity index (χ0n) is 15.9. The van der Waals surface area contributed by atoms with E-state index >= 15 is 0 Å². The third kappa shape index (κ3) is 4.33. The summed E-state index contributed by atoms with van der Waals surface area (Å²) in [6, 6.07) is 10.1. The molecule has 140 valence electrons. The maximum atomic E-state index is 12.8. The summed E-state index contributed by atoms with van der Waals surface area (Å²) in [7, 11) is 0. The van der Waals surface area contributed by atoms with E-state index in [1.54, 1.807) is 0 Å². The van der Waals surface area contributed by atoms with Crippen LogP contribution in [0.15, 0.2) is 30.3 Å². The van der Waals surface area contributed by atoms with E-state index in [1.165, 1.54) is 18.4 Å². The average Bonchev–Trinajstić information content (AvgIpc) is 3.00. The highest BCUT2D eigenvalue weighted by molar-refractivity contribution is 5.83. The lowest BCUT2D eigenvalue weighted by atomic mass is 9.90. The van der Waals surface area contributed by atoms with Crippen LogP contribution < -0.4 is 5.73 Å². The fraction of sp³-hybridized carbons (Fsp3) is 0.524. The average molecular weight is 354 g/mol. The van der Waals surface area contributed by atoms with Crippen molar-refractivity contribution in [3.8, 4) is 0 Å². The number of piperidine rings is 1. The van der Waals surface area contributed by atoms with Crippen LogP contribution in [-0.2, 0) is 11.2 Å². The molecule has 1 atom stereocenters. The number of nitrogens with two attached hydrogens (primary N) is 1. The van der Waals surface area contributed by atoms with Gasteiger partial charge in [0.25, 0.3) is 0 Å². The lowest BCUT2D eigenvalue weighted by molar-refractivity contribution is -0.134. The van der Waals surface area contributed by atoms with E-state index < -0.39 is 6.04 Å². The number of aromatic amines is 1. The lowest BCUT2D eigenvalue weighted by Gasteiger charge is -2.33. The van der Waals surface area contributed by atoms with Gasteiger partial charge >= 0.3 is 0 Å². The van der Waals surface area contributed by atoms with Gasteiger partial charge in [-0.15, -0.1) is 0 Å². The summed E-state index contributed by atoms with van der Waals surface area (Å²) < 4.78 is 0. The van der Waals surface area contributed by atoms with Gasteiger partial charge < -0.3 is 10.6 Å². The second kappa shape index (κ2) is 8.49. The van der Waals surface area contributed by atoms with Gasteiger partial charge in [0.05, 0.1) is 5.69 Å². The first-order valence-electron chi connectivity index (χ1n) is 9.66. The quantitative estimate of drug-likeness (QED) is 0.836. The Morgan fingerprint density at radius 2 is 1.96 bits per heavy atom. The predicted molar refractivity (Wildman–Crippen MR) is 104 cm³/mol. The highest BCUT2D eigenvalue weighted by atomic mass is 16.2. The van der Waals surface area contributed by atoms with Crippen LogP contribution in [0.4, 0.5) is 0 Å². The predicted octanol–water partition coefficient (Wildman–Crippen LogP) is 3.29. The fourth-order valence-electron chi connectivity index (χ4n) is 4.02. The molecule has 5 nitrogen and oxygen atoms in total. The first-order valence-corrected chi connectivity index (χ1v) is 9.66. The van der Waals surface area contributed by atoms with Crippen LogP contribution in [0.1, 0.15) is 54.2 Å². The van der Waals surface area contributed by atoms with Gasteiger partial charge in [0, 0.05) is 24.3 Å². The molecule has 3 N–H and O–H groups in total. The Labute approximate surface area is 156 Å². The van der Waals surface area contributed by atoms with Crippen molar-refractivity contribution in [3.05, 3.63) is 52.8 Å². The molecule has 1 aromatic carbocycles. The highest BCUT2D eigenvalue weighted by Gasteiger charge is 2.29. The first-order chi connectivity index (χ1) is 12.6. The molecule has 0 saturated carbocycles. The van der Waals surface area contributed by atoms with E-state index in [0.717, 1.165) is 55.2 Å². The number of hydrogen-bond donors (Lipinski definition) is 2. The van der Waals surface area contributed by atoms with Gasteiger partial charge in [-0.3, -0.25) is 9.89 Å². The Kier molecular flexibility index (Phi) is 6.09. The number of nitrogens with zero attached hydrogens (tertiary/aromatic N) is 2. The number of likely N-dealkylation sites (tertiary alicyclic amines) is 1. The molecule has 0 aliphatic carbocycles. The highest BCUT2D eigenvalue weighted by Crippen LogP contribution is 2.26. The standard InChI is InChI=1S/C21H30N4O/c1-15-19(16(2)24-23-15)20(22)21(26)25-13-11-18(12-14-25)10-6-9-17-7-4-3-5-8-17/h3-5,7-8,18,20H,6,9-14,22H2,1-2H3,(H,23,24). The molecule has 1 aliphatic rings. The van der Waals surface area contributed by atoms with Crippen molar-refractivity contribution in [2.24, 2.45) is 11.7 Å². The number of carbonyl (C=O) groups excluding carboxylic acids is 1. The van der Waals surface area contributed by atoms with Crippen molar-refractivity contribution in [2.75, 3.05) is 13.1 Å². The number of H-pyrrole nitrogens is 1. The first kappa shape index (κ1) is 18.6. The van der Waals surface area contributed by atoms with Crippen LogP contribution in [-0.4, -0.2) is 34.1 Å². The number of hydrogen-bond acceptors (Lipinski definition) is 3. The molecular weight excluding hydrogens is 324 g/mol. The summed E-state index contributed by atoms with van der Waals surface area (Å²) >= 11 is 0. The number of aryl methyl sites for hydroxylation is 3. The van der Waals surface area contributed by atoms with Crippen molar-refractivity contribution in [1.82, 2.24) is 15.1 Å². The summed E-state index contributed by atoms with van der Waals surface area (Å²) in [5, 5.41) is 7.08. The molecule has 1 aliphatic heterocycles. The van der Waals surface area contributed by atoms with Gasteiger partial charge in [-0.1, -0.05) is 30.3 Å². The molecule has 1 aromatic heterocycles. The molecule has 2 aromatic rings. The van der Waals surface area contributed by atoms with E-state index in [0.29, 0.717) is 0 Å². The minimum Gasteiger partial charge on any atom is -0.341 e. The van der Waals surface area contributed by atoms with E-state index in [4.69, 9.17) is 5.73 Å². The number of aromatic nitrogens is 2. The molecule has 26 heavy (non-hydrogen) atoms. The second-order valence-corrected chi connectivity index (χ2v) is 7.47. The monoisotopic (exact) mass is 354 g/mol. The zero-order valence-corrected chi connectivity index (χ0v) is 15.9. The largest absolute Gasteiger partial charge is 0.341 e. The Morgan fingerprint density at radius 1 is 1.27 bits per heavy atom. The number of benzene rings is 1. The molecule has 1 fully saturated rings. The number of rotatable bonds is 6. The molecule has 0 radical (unpaired) electrons. The van der Waals surface area contributed by atoms with E-state index in [9.17, 15) is 4.79 Å². The van der Waals surface area contributed by atoms with E-state index in [-0.39, 0.29) is 5.91 Å². The van der Waals surface area contributed by atoms with Gasteiger partial charge in [0.1, 0.15) is 6.04 Å². The number of carbonyl (C=O) groups is 1. The van der Waals surface area contributed by atoms with Crippen LogP contribution in [0, 0.1) is 19.8 Å². The third-order valence-corrected chi connectivity index (χ3v) is 5.61. The van der Waals surface area contributed by atoms with Crippen molar-refractivity contribution >= 4 is 5.91 Å². The summed E-state index contributed by atoms with van der Waals surface area (Å²) in [4.78, 5) is 14.7. The molecule has 1 amide bonds. The number of amides is 1. The summed E-state index contributed by atoms with van der Waals surface area (Å²) in [5.41, 5.74) is 10.2. The van der Waals surface area contributed by atoms with Crippen LogP contribution >= 0.6 is 0 Å². The third-order valence-electron chi connectivity index (χ3n) is 5.61. The van der Waals surface area contributed by atoms with Crippen LogP contribution in [0.3, 0.4) is 0 Å². The minimum absolute atomic E-state index is 0.0281. The van der Waals surface area contributed by atoms with Crippen LogP contribution in [0.5, 0.6) is 0 Å². The van der Waals surface area contributed by atoms with Crippen molar-refractivity contribution in [2.45, 2.75) is 52.0 Å². The molecular formula is C21H30N4O. The Balaban J connectivity index is 1.45. The smallest absolute Gasteiger partial charge is 0.244 e. The van der Waals surface area contributed by atoms with Gasteiger partial charge in [-0.2, -0.15) is 5.10 Å². The molecule has 1 unspecified atom stereocenters. The molecule has 0 spiro atoms. The van der Waals surface area contributed by atoms with E-state index in [2.05, 4.69) is 40.5 Å². The van der Waals surface area contributed by atoms with Crippen molar-refractivity contribution < 1.29 is 4.79 Å². The zero-order chi connectivity index (χ0) is 18.5. The summed E-state index contributed by atoms with van der Waals surface area (Å²) in [6.07, 6.45) is 5.76. The minimum atomic E-state index is -0.608. The lowest BCUT2D eigenvalue weighted by Crippen LogP contribution is -2.43. The topological polar surface area (TPSA) is 75.0 Å². The molecule has 2 heterocycles. The molecule has 0 bridgehead atoms. The number of nitrogens with one attached hydrogen (secondary N) is 1. The van der Waals surface area contributed by atoms with Crippen LogP contribution in [0.25, 0.3) is 0 Å². The van der Waals surface area contributed by atoms with Gasteiger partial charge in [-0.25, -0.2) is 0 Å². The normalized spacial score (nSPS) is 16.7. The van der Waals surface area contributed by atoms with E-state index in [1.807, 2.05) is 18.7 Å². The molecule has 1 saturated heterocycles. The SMILES string of the molecule is Cc1n[nH]c(C)c1C(N)C(=O)N1CCC(CCCc2ccccc2)CC1. The summed E-state index contributed by atoms with van der Waals surface area (Å²) in [5.74, 6) is 0.747. The molecule has 5 heteroatoms. The van der Waals surface area contributed by atoms with Gasteiger partial charge in [-0.05, 0) is 57.4 Å². The van der Waals surface area contributed by atoms with Crippen molar-refractivity contribution in [1.29, 1.82) is 0 Å². The maximum Gasteiger partial charge on any atom is 0.244 e. The fourth-order valence-corrected chi connectivity index (χ4v) is 4.02. The summed E-state index contributed by atoms with van der Waals surface area (Å²) in [6.45, 7) is 5.45. The maximum absolute atomic E-state index is 12.8. The second-order valence-electron chi connectivity index (χ2n) is 7.47. The molecule has 3 rings (SSSR count). The Bertz CT molecular complexity index is 697. The Morgan fingerprint density at radius 3 is 2.58 bits per heavy atom.